The van der Waals surface area contributed by atoms with E-state index in [1.54, 1.807) is 0 Å². The van der Waals surface area contributed by atoms with Crippen molar-refractivity contribution >= 4 is 0 Å². The van der Waals surface area contributed by atoms with E-state index in [2.05, 4.69) is 30.0 Å². The molecule has 2 N–H and O–H groups in total. The predicted octanol–water partition coefficient (Wildman–Crippen LogP) is 3.21. The fourth-order valence-corrected chi connectivity index (χ4v) is 3.15. The van der Waals surface area contributed by atoms with Crippen molar-refractivity contribution in [2.45, 2.75) is 39.2 Å². The van der Waals surface area contributed by atoms with E-state index in [4.69, 9.17) is 10.5 Å². The molecule has 0 aliphatic carbocycles. The molecule has 112 valence electrons. The first-order valence-corrected chi connectivity index (χ1v) is 7.95. The number of nitrogens with two attached hydrogens (primary N) is 1. The predicted molar refractivity (Wildman–Crippen MR) is 84.0 cm³/mol. The van der Waals surface area contributed by atoms with Gasteiger partial charge in [0.1, 0.15) is 5.75 Å². The molecule has 3 heteroatoms. The molecule has 1 fully saturated rings. The molecule has 1 aromatic rings. The van der Waals surface area contributed by atoms with Crippen LogP contribution >= 0.6 is 0 Å². The van der Waals surface area contributed by atoms with Crippen LogP contribution in [-0.4, -0.2) is 31.1 Å². The zero-order valence-electron chi connectivity index (χ0n) is 12.8. The summed E-state index contributed by atoms with van der Waals surface area (Å²) in [4.78, 5) is 2.54. The van der Waals surface area contributed by atoms with Crippen LogP contribution in [0.1, 0.15) is 44.7 Å². The average molecular weight is 276 g/mol. The highest BCUT2D eigenvalue weighted by Crippen LogP contribution is 2.29. The van der Waals surface area contributed by atoms with Crippen LogP contribution in [-0.2, 0) is 0 Å². The van der Waals surface area contributed by atoms with Crippen molar-refractivity contribution < 1.29 is 4.74 Å². The fraction of sp³-hybridized carbons (Fsp3) is 0.647. The molecule has 1 aromatic carbocycles. The molecule has 0 bridgehead atoms. The third kappa shape index (κ3) is 3.74. The van der Waals surface area contributed by atoms with Crippen LogP contribution in [0.2, 0.25) is 0 Å². The molecule has 3 nitrogen and oxygen atoms in total. The van der Waals surface area contributed by atoms with Crippen molar-refractivity contribution in [3.05, 3.63) is 29.8 Å². The maximum absolute atomic E-state index is 6.04. The van der Waals surface area contributed by atoms with Gasteiger partial charge in [0.15, 0.2) is 0 Å². The molecule has 1 saturated heterocycles. The van der Waals surface area contributed by atoms with Crippen molar-refractivity contribution in [2.24, 2.45) is 11.7 Å². The smallest absolute Gasteiger partial charge is 0.119 e. The van der Waals surface area contributed by atoms with Crippen molar-refractivity contribution in [3.63, 3.8) is 0 Å². The summed E-state index contributed by atoms with van der Waals surface area (Å²) in [6, 6.07) is 8.73. The van der Waals surface area contributed by atoms with E-state index in [-0.39, 0.29) is 0 Å². The Morgan fingerprint density at radius 1 is 1.30 bits per heavy atom. The average Bonchev–Trinajstić information content (AvgIpc) is 2.49. The van der Waals surface area contributed by atoms with E-state index in [0.717, 1.165) is 11.7 Å². The minimum Gasteiger partial charge on any atom is -0.494 e. The van der Waals surface area contributed by atoms with Crippen LogP contribution in [0.4, 0.5) is 0 Å². The molecule has 1 aliphatic rings. The van der Waals surface area contributed by atoms with Crippen molar-refractivity contribution in [1.29, 1.82) is 0 Å². The molecule has 2 rings (SSSR count). The van der Waals surface area contributed by atoms with Crippen LogP contribution in [0.25, 0.3) is 0 Å². The van der Waals surface area contributed by atoms with Crippen molar-refractivity contribution in [3.8, 4) is 5.75 Å². The van der Waals surface area contributed by atoms with Gasteiger partial charge in [-0.2, -0.15) is 0 Å². The lowest BCUT2D eigenvalue weighted by molar-refractivity contribution is 0.133. The maximum atomic E-state index is 6.04. The van der Waals surface area contributed by atoms with Gasteiger partial charge in [-0.15, -0.1) is 0 Å². The van der Waals surface area contributed by atoms with Gasteiger partial charge in [-0.25, -0.2) is 0 Å². The Balaban J connectivity index is 2.06. The second-order valence-electron chi connectivity index (χ2n) is 5.64. The van der Waals surface area contributed by atoms with Gasteiger partial charge in [0.2, 0.25) is 0 Å². The van der Waals surface area contributed by atoms with Crippen LogP contribution < -0.4 is 10.5 Å². The number of rotatable bonds is 6. The summed E-state index contributed by atoms with van der Waals surface area (Å²) >= 11 is 0. The zero-order valence-corrected chi connectivity index (χ0v) is 12.8. The van der Waals surface area contributed by atoms with Crippen molar-refractivity contribution in [2.75, 3.05) is 26.2 Å². The van der Waals surface area contributed by atoms with Crippen LogP contribution in [0.3, 0.4) is 0 Å². The van der Waals surface area contributed by atoms with Gasteiger partial charge in [0, 0.05) is 12.6 Å². The minimum atomic E-state index is 0.327. The fourth-order valence-electron chi connectivity index (χ4n) is 3.15. The maximum Gasteiger partial charge on any atom is 0.119 e. The zero-order chi connectivity index (χ0) is 14.4. The quantitative estimate of drug-likeness (QED) is 0.867. The SMILES string of the molecule is CCOc1cccc(C(CN)N2CCC(CC)CC2)c1. The molecule has 0 radical (unpaired) electrons. The Labute approximate surface area is 123 Å². The lowest BCUT2D eigenvalue weighted by atomic mass is 9.92. The number of likely N-dealkylation sites (tertiary alicyclic amines) is 1. The molecule has 0 spiro atoms. The lowest BCUT2D eigenvalue weighted by Crippen LogP contribution is -2.39. The van der Waals surface area contributed by atoms with E-state index in [0.29, 0.717) is 19.2 Å². The minimum absolute atomic E-state index is 0.327. The van der Waals surface area contributed by atoms with E-state index < -0.39 is 0 Å². The second-order valence-corrected chi connectivity index (χ2v) is 5.64. The summed E-state index contributed by atoms with van der Waals surface area (Å²) < 4.78 is 5.60. The summed E-state index contributed by atoms with van der Waals surface area (Å²) in [5, 5.41) is 0. The highest BCUT2D eigenvalue weighted by molar-refractivity contribution is 5.31. The molecular weight excluding hydrogens is 248 g/mol. The first kappa shape index (κ1) is 15.3. The van der Waals surface area contributed by atoms with E-state index in [1.165, 1.54) is 37.9 Å². The van der Waals surface area contributed by atoms with Gasteiger partial charge in [0.05, 0.1) is 6.61 Å². The molecule has 1 atom stereocenters. The third-order valence-electron chi connectivity index (χ3n) is 4.44. The van der Waals surface area contributed by atoms with Crippen LogP contribution in [0, 0.1) is 5.92 Å². The first-order chi connectivity index (χ1) is 9.78. The number of nitrogens with zero attached hydrogens (tertiary/aromatic N) is 1. The summed E-state index contributed by atoms with van der Waals surface area (Å²) in [5.41, 5.74) is 7.33. The summed E-state index contributed by atoms with van der Waals surface area (Å²) in [7, 11) is 0. The van der Waals surface area contributed by atoms with Gasteiger partial charge >= 0.3 is 0 Å². The van der Waals surface area contributed by atoms with Crippen LogP contribution in [0.15, 0.2) is 24.3 Å². The van der Waals surface area contributed by atoms with Gasteiger partial charge in [-0.05, 0) is 56.5 Å². The van der Waals surface area contributed by atoms with E-state index in [9.17, 15) is 0 Å². The van der Waals surface area contributed by atoms with Crippen molar-refractivity contribution in [1.82, 2.24) is 4.90 Å². The standard InChI is InChI=1S/C17H28N2O/c1-3-14-8-10-19(11-9-14)17(13-18)15-6-5-7-16(12-15)20-4-2/h5-7,12,14,17H,3-4,8-11,13,18H2,1-2H3. The Bertz CT molecular complexity index is 400. The highest BCUT2D eigenvalue weighted by atomic mass is 16.5. The Kier molecular flexibility index (Phi) is 5.86. The van der Waals surface area contributed by atoms with Gasteiger partial charge in [-0.3, -0.25) is 4.90 Å². The Hall–Kier alpha value is -1.06. The monoisotopic (exact) mass is 276 g/mol. The number of ether oxygens (including phenoxy) is 1. The summed E-state index contributed by atoms with van der Waals surface area (Å²) in [5.74, 6) is 1.85. The molecule has 0 amide bonds. The Morgan fingerprint density at radius 3 is 2.65 bits per heavy atom. The van der Waals surface area contributed by atoms with Crippen LogP contribution in [0.5, 0.6) is 5.75 Å². The largest absolute Gasteiger partial charge is 0.494 e. The number of piperidine rings is 1. The van der Waals surface area contributed by atoms with E-state index >= 15 is 0 Å². The topological polar surface area (TPSA) is 38.5 Å². The normalized spacial score (nSPS) is 18.9. The van der Waals surface area contributed by atoms with E-state index in [1.807, 2.05) is 13.0 Å². The van der Waals surface area contributed by atoms with Gasteiger partial charge in [-0.1, -0.05) is 25.5 Å². The third-order valence-corrected chi connectivity index (χ3v) is 4.44. The molecule has 1 aliphatic heterocycles. The summed E-state index contributed by atoms with van der Waals surface area (Å²) in [6.07, 6.45) is 3.91. The molecule has 1 unspecified atom stereocenters. The molecule has 0 saturated carbocycles. The molecule has 0 aromatic heterocycles. The molecule has 20 heavy (non-hydrogen) atoms. The van der Waals surface area contributed by atoms with Gasteiger partial charge in [0.25, 0.3) is 0 Å². The number of benzene rings is 1. The number of hydrogen-bond acceptors (Lipinski definition) is 3. The Morgan fingerprint density at radius 2 is 2.05 bits per heavy atom. The summed E-state index contributed by atoms with van der Waals surface area (Å²) in [6.45, 7) is 8.03. The second kappa shape index (κ2) is 7.65. The molecule has 1 heterocycles. The first-order valence-electron chi connectivity index (χ1n) is 7.95. The van der Waals surface area contributed by atoms with Gasteiger partial charge < -0.3 is 10.5 Å². The highest BCUT2D eigenvalue weighted by Gasteiger charge is 2.24. The molecular formula is C17H28N2O. The number of hydrogen-bond donors (Lipinski definition) is 1. The lowest BCUT2D eigenvalue weighted by Gasteiger charge is -2.37.